The average Bonchev–Trinajstić information content (AvgIpc) is 2.62. The van der Waals surface area contributed by atoms with E-state index >= 15 is 0 Å². The summed E-state index contributed by atoms with van der Waals surface area (Å²) in [6, 6.07) is 5.85. The minimum absolute atomic E-state index is 0.0442. The van der Waals surface area contributed by atoms with Crippen molar-refractivity contribution < 1.29 is 4.79 Å². The van der Waals surface area contributed by atoms with E-state index in [1.807, 2.05) is 18.2 Å². The van der Waals surface area contributed by atoms with Crippen LogP contribution in [0.2, 0.25) is 5.02 Å². The van der Waals surface area contributed by atoms with Crippen molar-refractivity contribution in [3.8, 4) is 0 Å². The van der Waals surface area contributed by atoms with Gasteiger partial charge in [0, 0.05) is 32.9 Å². The molecule has 2 aliphatic heterocycles. The maximum atomic E-state index is 12.1. The molecule has 3 rings (SSSR count). The smallest absolute Gasteiger partial charge is 0.254 e. The Morgan fingerprint density at radius 1 is 1.16 bits per heavy atom. The molecule has 2 saturated heterocycles. The van der Waals surface area contributed by atoms with Crippen LogP contribution in [0.3, 0.4) is 0 Å². The van der Waals surface area contributed by atoms with Crippen LogP contribution < -0.4 is 10.2 Å². The molecule has 0 radical (unpaired) electrons. The molecule has 0 saturated carbocycles. The van der Waals surface area contributed by atoms with E-state index in [0.717, 1.165) is 30.6 Å². The largest absolute Gasteiger partial charge is 0.371 e. The Morgan fingerprint density at radius 3 is 2.40 bits per heavy atom. The first-order chi connectivity index (χ1) is 12.0. The molecular formula is C20H30ClN3O. The van der Waals surface area contributed by atoms with E-state index in [2.05, 4.69) is 10.2 Å². The van der Waals surface area contributed by atoms with Gasteiger partial charge < -0.3 is 15.1 Å². The number of piperidine rings is 2. The van der Waals surface area contributed by atoms with Crippen molar-refractivity contribution in [3.05, 3.63) is 28.8 Å². The Labute approximate surface area is 156 Å². The monoisotopic (exact) mass is 363 g/mol. The molecule has 2 fully saturated rings. The zero-order chi connectivity index (χ0) is 17.8. The lowest BCUT2D eigenvalue weighted by Gasteiger charge is -2.36. The van der Waals surface area contributed by atoms with Crippen LogP contribution in [0.15, 0.2) is 18.2 Å². The van der Waals surface area contributed by atoms with Crippen molar-refractivity contribution >= 4 is 23.2 Å². The molecule has 0 spiro atoms. The molecule has 0 aromatic heterocycles. The average molecular weight is 364 g/mol. The predicted octanol–water partition coefficient (Wildman–Crippen LogP) is 3.65. The van der Waals surface area contributed by atoms with Gasteiger partial charge in [-0.25, -0.2) is 0 Å². The highest BCUT2D eigenvalue weighted by Crippen LogP contribution is 2.32. The van der Waals surface area contributed by atoms with Gasteiger partial charge in [-0.05, 0) is 75.2 Å². The number of amides is 1. The van der Waals surface area contributed by atoms with Gasteiger partial charge in [0.1, 0.15) is 0 Å². The topological polar surface area (TPSA) is 35.6 Å². The van der Waals surface area contributed by atoms with Gasteiger partial charge in [-0.3, -0.25) is 4.79 Å². The van der Waals surface area contributed by atoms with E-state index in [0.29, 0.717) is 10.6 Å². The summed E-state index contributed by atoms with van der Waals surface area (Å²) >= 11 is 6.36. The van der Waals surface area contributed by atoms with Crippen molar-refractivity contribution in [1.29, 1.82) is 0 Å². The second kappa shape index (κ2) is 8.41. The summed E-state index contributed by atoms with van der Waals surface area (Å²) in [5.41, 5.74) is 1.72. The third-order valence-electron chi connectivity index (χ3n) is 5.69. The number of hydrogen-bond acceptors (Lipinski definition) is 3. The van der Waals surface area contributed by atoms with Gasteiger partial charge in [0.05, 0.1) is 10.6 Å². The highest BCUT2D eigenvalue weighted by molar-refractivity contribution is 6.34. The summed E-state index contributed by atoms with van der Waals surface area (Å²) in [7, 11) is 3.50. The minimum Gasteiger partial charge on any atom is -0.371 e. The van der Waals surface area contributed by atoms with Gasteiger partial charge in [0.25, 0.3) is 5.91 Å². The molecule has 2 heterocycles. The molecule has 0 aliphatic carbocycles. The Balaban J connectivity index is 1.55. The third-order valence-corrected chi connectivity index (χ3v) is 6.01. The molecule has 0 atom stereocenters. The van der Waals surface area contributed by atoms with E-state index in [4.69, 9.17) is 11.6 Å². The number of anilines is 1. The normalized spacial score (nSPS) is 19.9. The summed E-state index contributed by atoms with van der Waals surface area (Å²) in [6.07, 6.45) is 6.61. The van der Waals surface area contributed by atoms with Gasteiger partial charge in [-0.2, -0.15) is 0 Å². The molecule has 1 amide bonds. The standard InChI is InChI=1S/C20H30ClN3O/c1-23(2)20(25)18-4-3-17(14-19(18)21)24-11-7-16(8-12-24)13-15-5-9-22-10-6-15/h3-4,14-16,22H,5-13H2,1-2H3. The molecule has 4 nitrogen and oxygen atoms in total. The fraction of sp³-hybridized carbons (Fsp3) is 0.650. The van der Waals surface area contributed by atoms with E-state index < -0.39 is 0 Å². The van der Waals surface area contributed by atoms with Crippen LogP contribution in [0, 0.1) is 11.8 Å². The predicted molar refractivity (Wildman–Crippen MR) is 105 cm³/mol. The van der Waals surface area contributed by atoms with Crippen molar-refractivity contribution in [2.75, 3.05) is 45.2 Å². The zero-order valence-corrected chi connectivity index (χ0v) is 16.2. The third kappa shape index (κ3) is 4.68. The summed E-state index contributed by atoms with van der Waals surface area (Å²) in [5, 5.41) is 4.01. The fourth-order valence-electron chi connectivity index (χ4n) is 4.13. The number of nitrogens with zero attached hydrogens (tertiary/aromatic N) is 2. The van der Waals surface area contributed by atoms with Gasteiger partial charge in [0.15, 0.2) is 0 Å². The molecule has 1 N–H and O–H groups in total. The van der Waals surface area contributed by atoms with Crippen LogP contribution in [0.5, 0.6) is 0 Å². The Hall–Kier alpha value is -1.26. The van der Waals surface area contributed by atoms with Crippen molar-refractivity contribution in [2.45, 2.75) is 32.1 Å². The second-order valence-electron chi connectivity index (χ2n) is 7.72. The maximum Gasteiger partial charge on any atom is 0.254 e. The van der Waals surface area contributed by atoms with Crippen LogP contribution >= 0.6 is 11.6 Å². The number of carbonyl (C=O) groups is 1. The van der Waals surface area contributed by atoms with Gasteiger partial charge in [-0.1, -0.05) is 11.6 Å². The molecule has 0 unspecified atom stereocenters. The number of halogens is 1. The molecule has 5 heteroatoms. The fourth-order valence-corrected chi connectivity index (χ4v) is 4.39. The molecule has 138 valence electrons. The van der Waals surface area contributed by atoms with E-state index in [-0.39, 0.29) is 5.91 Å². The Bertz CT molecular complexity index is 591. The lowest BCUT2D eigenvalue weighted by molar-refractivity contribution is 0.0828. The molecule has 1 aromatic rings. The Morgan fingerprint density at radius 2 is 1.80 bits per heavy atom. The summed E-state index contributed by atoms with van der Waals surface area (Å²) in [5.74, 6) is 1.74. The van der Waals surface area contributed by atoms with Crippen LogP contribution in [-0.4, -0.2) is 51.1 Å². The van der Waals surface area contributed by atoms with E-state index in [1.165, 1.54) is 45.2 Å². The van der Waals surface area contributed by atoms with Gasteiger partial charge >= 0.3 is 0 Å². The first-order valence-electron chi connectivity index (χ1n) is 9.51. The molecule has 25 heavy (non-hydrogen) atoms. The number of benzene rings is 1. The SMILES string of the molecule is CN(C)C(=O)c1ccc(N2CCC(CC3CCNCC3)CC2)cc1Cl. The van der Waals surface area contributed by atoms with Gasteiger partial charge in [-0.15, -0.1) is 0 Å². The Kier molecular flexibility index (Phi) is 6.24. The highest BCUT2D eigenvalue weighted by atomic mass is 35.5. The number of rotatable bonds is 4. The highest BCUT2D eigenvalue weighted by Gasteiger charge is 2.24. The summed E-state index contributed by atoms with van der Waals surface area (Å²) in [6.45, 7) is 4.57. The quantitative estimate of drug-likeness (QED) is 0.886. The molecule has 2 aliphatic rings. The first kappa shape index (κ1) is 18.5. The van der Waals surface area contributed by atoms with Crippen molar-refractivity contribution in [3.63, 3.8) is 0 Å². The number of nitrogens with one attached hydrogen (secondary N) is 1. The van der Waals surface area contributed by atoms with Crippen molar-refractivity contribution in [1.82, 2.24) is 10.2 Å². The number of carbonyl (C=O) groups excluding carboxylic acids is 1. The van der Waals surface area contributed by atoms with Crippen LogP contribution in [0.4, 0.5) is 5.69 Å². The summed E-state index contributed by atoms with van der Waals surface area (Å²) < 4.78 is 0. The van der Waals surface area contributed by atoms with Crippen LogP contribution in [-0.2, 0) is 0 Å². The maximum absolute atomic E-state index is 12.1. The van der Waals surface area contributed by atoms with Crippen molar-refractivity contribution in [2.24, 2.45) is 11.8 Å². The minimum atomic E-state index is -0.0442. The summed E-state index contributed by atoms with van der Waals surface area (Å²) in [4.78, 5) is 16.1. The first-order valence-corrected chi connectivity index (χ1v) is 9.89. The lowest BCUT2D eigenvalue weighted by atomic mass is 9.83. The zero-order valence-electron chi connectivity index (χ0n) is 15.4. The van der Waals surface area contributed by atoms with Gasteiger partial charge in [0.2, 0.25) is 0 Å². The number of hydrogen-bond donors (Lipinski definition) is 1. The van der Waals surface area contributed by atoms with E-state index in [1.54, 1.807) is 19.0 Å². The molecule has 0 bridgehead atoms. The molecular weight excluding hydrogens is 334 g/mol. The lowest BCUT2D eigenvalue weighted by Crippen LogP contribution is -2.35. The van der Waals surface area contributed by atoms with Crippen LogP contribution in [0.1, 0.15) is 42.5 Å². The van der Waals surface area contributed by atoms with Crippen LogP contribution in [0.25, 0.3) is 0 Å². The molecule has 1 aromatic carbocycles. The van der Waals surface area contributed by atoms with E-state index in [9.17, 15) is 4.79 Å². The second-order valence-corrected chi connectivity index (χ2v) is 8.13.